The predicted molar refractivity (Wildman–Crippen MR) is 82.0 cm³/mol. The van der Waals surface area contributed by atoms with E-state index >= 15 is 0 Å². The maximum Gasteiger partial charge on any atom is 0.495 e. The van der Waals surface area contributed by atoms with E-state index in [-0.39, 0.29) is 18.3 Å². The zero-order valence-corrected chi connectivity index (χ0v) is 13.2. The number of rotatable bonds is 2. The first kappa shape index (κ1) is 14.9. The second-order valence-electron chi connectivity index (χ2n) is 6.12. The average molecular weight is 279 g/mol. The van der Waals surface area contributed by atoms with E-state index in [4.69, 9.17) is 15.0 Å². The van der Waals surface area contributed by atoms with Crippen molar-refractivity contribution in [3.63, 3.8) is 0 Å². The summed E-state index contributed by atoms with van der Waals surface area (Å²) in [4.78, 5) is 0.924. The quantitative estimate of drug-likeness (QED) is 0.643. The number of thiol groups is 1. The summed E-state index contributed by atoms with van der Waals surface area (Å²) in [5, 5.41) is 0. The summed E-state index contributed by atoms with van der Waals surface area (Å²) >= 11 is 4.50. The Morgan fingerprint density at radius 2 is 1.68 bits per heavy atom. The highest BCUT2D eigenvalue weighted by molar-refractivity contribution is 7.80. The van der Waals surface area contributed by atoms with Crippen molar-refractivity contribution in [1.82, 2.24) is 0 Å². The van der Waals surface area contributed by atoms with Crippen LogP contribution in [-0.4, -0.2) is 18.3 Å². The van der Waals surface area contributed by atoms with Crippen LogP contribution >= 0.6 is 12.6 Å². The molecule has 1 heterocycles. The summed E-state index contributed by atoms with van der Waals surface area (Å²) in [5.74, 6) is 0. The van der Waals surface area contributed by atoms with E-state index in [0.717, 1.165) is 21.5 Å². The topological polar surface area (TPSA) is 44.5 Å². The van der Waals surface area contributed by atoms with Gasteiger partial charge in [-0.3, -0.25) is 0 Å². The Hall–Kier alpha value is -0.485. The molecule has 0 atom stereocenters. The number of benzene rings is 1. The van der Waals surface area contributed by atoms with Crippen LogP contribution in [0.2, 0.25) is 0 Å². The van der Waals surface area contributed by atoms with Gasteiger partial charge in [-0.05, 0) is 57.3 Å². The van der Waals surface area contributed by atoms with Gasteiger partial charge in [0.05, 0.1) is 11.2 Å². The molecule has 3 nitrogen and oxygen atoms in total. The third kappa shape index (κ3) is 2.57. The van der Waals surface area contributed by atoms with Gasteiger partial charge in [-0.1, -0.05) is 6.07 Å². The van der Waals surface area contributed by atoms with Gasteiger partial charge in [-0.2, -0.15) is 0 Å². The highest BCUT2D eigenvalue weighted by Gasteiger charge is 2.52. The van der Waals surface area contributed by atoms with Crippen LogP contribution in [-0.2, 0) is 15.9 Å². The fourth-order valence-electron chi connectivity index (χ4n) is 2.11. The smallest absolute Gasteiger partial charge is 0.399 e. The number of hydrogen-bond donors (Lipinski definition) is 2. The van der Waals surface area contributed by atoms with E-state index in [1.807, 2.05) is 13.0 Å². The van der Waals surface area contributed by atoms with Gasteiger partial charge in [0.25, 0.3) is 0 Å². The Balaban J connectivity index is 2.42. The van der Waals surface area contributed by atoms with Crippen LogP contribution in [0, 0.1) is 6.92 Å². The Bertz CT molecular complexity index is 486. The molecule has 2 rings (SSSR count). The summed E-state index contributed by atoms with van der Waals surface area (Å²) in [6, 6.07) is 4.05. The molecule has 1 aromatic carbocycles. The summed E-state index contributed by atoms with van der Waals surface area (Å²) < 4.78 is 12.2. The molecule has 1 fully saturated rings. The molecule has 1 aromatic rings. The van der Waals surface area contributed by atoms with Gasteiger partial charge >= 0.3 is 7.12 Å². The lowest BCUT2D eigenvalue weighted by molar-refractivity contribution is 0.00578. The lowest BCUT2D eigenvalue weighted by Crippen LogP contribution is -2.41. The van der Waals surface area contributed by atoms with Gasteiger partial charge < -0.3 is 15.0 Å². The largest absolute Gasteiger partial charge is 0.495 e. The minimum Gasteiger partial charge on any atom is -0.399 e. The minimum absolute atomic E-state index is 0.334. The summed E-state index contributed by atoms with van der Waals surface area (Å²) in [5.41, 5.74) is 8.20. The molecule has 0 radical (unpaired) electrons. The van der Waals surface area contributed by atoms with Gasteiger partial charge in [0.1, 0.15) is 0 Å². The molecule has 0 saturated carbocycles. The van der Waals surface area contributed by atoms with Crippen molar-refractivity contribution in [2.45, 2.75) is 57.3 Å². The fourth-order valence-corrected chi connectivity index (χ4v) is 2.41. The molecule has 5 heteroatoms. The molecule has 0 amide bonds. The van der Waals surface area contributed by atoms with Crippen LogP contribution < -0.4 is 11.2 Å². The first-order chi connectivity index (χ1) is 8.68. The molecule has 1 aliphatic rings. The van der Waals surface area contributed by atoms with Crippen LogP contribution in [0.1, 0.15) is 38.8 Å². The minimum atomic E-state index is -0.359. The Labute approximate surface area is 121 Å². The third-order valence-electron chi connectivity index (χ3n) is 4.22. The molecule has 0 spiro atoms. The fraction of sp³-hybridized carbons (Fsp3) is 0.571. The summed E-state index contributed by atoms with van der Waals surface area (Å²) in [6.07, 6.45) is 0. The van der Waals surface area contributed by atoms with Gasteiger partial charge in [-0.15, -0.1) is 12.6 Å². The van der Waals surface area contributed by atoms with Gasteiger partial charge in [0.2, 0.25) is 0 Å². The highest BCUT2D eigenvalue weighted by atomic mass is 32.1. The van der Waals surface area contributed by atoms with Crippen LogP contribution in [0.15, 0.2) is 17.0 Å². The van der Waals surface area contributed by atoms with Crippen molar-refractivity contribution in [2.75, 3.05) is 0 Å². The zero-order valence-electron chi connectivity index (χ0n) is 12.3. The Morgan fingerprint density at radius 3 is 2.16 bits per heavy atom. The zero-order chi connectivity index (χ0) is 14.4. The molecule has 0 aromatic heterocycles. The molecule has 104 valence electrons. The second kappa shape index (κ2) is 4.81. The maximum absolute atomic E-state index is 6.09. The van der Waals surface area contributed by atoms with Crippen LogP contribution in [0.5, 0.6) is 0 Å². The SMILES string of the molecule is Cc1c(S)cc(CN)cc1B1OC(C)(C)C(C)(C)O1. The van der Waals surface area contributed by atoms with E-state index in [1.54, 1.807) is 0 Å². The monoisotopic (exact) mass is 279 g/mol. The van der Waals surface area contributed by atoms with E-state index in [1.165, 1.54) is 0 Å². The molecule has 0 aliphatic carbocycles. The van der Waals surface area contributed by atoms with Crippen molar-refractivity contribution in [3.8, 4) is 0 Å². The summed E-state index contributed by atoms with van der Waals surface area (Å²) in [6.45, 7) is 10.7. The van der Waals surface area contributed by atoms with E-state index in [0.29, 0.717) is 6.54 Å². The standard InChI is InChI=1S/C14H22BNO2S/c1-9-11(6-10(8-16)7-12(9)19)15-17-13(2,3)14(4,5)18-15/h6-7,19H,8,16H2,1-5H3. The molecule has 1 saturated heterocycles. The molecule has 0 unspecified atom stereocenters. The first-order valence-corrected chi connectivity index (χ1v) is 7.01. The lowest BCUT2D eigenvalue weighted by atomic mass is 9.75. The third-order valence-corrected chi connectivity index (χ3v) is 4.69. The van der Waals surface area contributed by atoms with Gasteiger partial charge in [0, 0.05) is 11.4 Å². The Morgan fingerprint density at radius 1 is 1.16 bits per heavy atom. The molecule has 19 heavy (non-hydrogen) atoms. The number of nitrogens with two attached hydrogens (primary N) is 1. The van der Waals surface area contributed by atoms with Crippen molar-refractivity contribution in [1.29, 1.82) is 0 Å². The molecule has 2 N–H and O–H groups in total. The van der Waals surface area contributed by atoms with Crippen LogP contribution in [0.3, 0.4) is 0 Å². The molecule has 1 aliphatic heterocycles. The number of hydrogen-bond acceptors (Lipinski definition) is 4. The van der Waals surface area contributed by atoms with Crippen molar-refractivity contribution in [3.05, 3.63) is 23.3 Å². The second-order valence-corrected chi connectivity index (χ2v) is 6.60. The van der Waals surface area contributed by atoms with Crippen LogP contribution in [0.4, 0.5) is 0 Å². The molecular weight excluding hydrogens is 257 g/mol. The predicted octanol–water partition coefficient (Wildman–Crippen LogP) is 2.04. The van der Waals surface area contributed by atoms with Gasteiger partial charge in [-0.25, -0.2) is 0 Å². The average Bonchev–Trinajstić information content (AvgIpc) is 2.51. The van der Waals surface area contributed by atoms with Crippen molar-refractivity contribution >= 4 is 25.2 Å². The normalized spacial score (nSPS) is 20.9. The van der Waals surface area contributed by atoms with Gasteiger partial charge in [0.15, 0.2) is 0 Å². The highest BCUT2D eigenvalue weighted by Crippen LogP contribution is 2.37. The maximum atomic E-state index is 6.09. The van der Waals surface area contributed by atoms with E-state index < -0.39 is 0 Å². The van der Waals surface area contributed by atoms with Crippen molar-refractivity contribution in [2.24, 2.45) is 5.73 Å². The Kier molecular flexibility index (Phi) is 3.78. The molecular formula is C14H22BNO2S. The summed E-state index contributed by atoms with van der Waals surface area (Å²) in [7, 11) is -0.359. The lowest BCUT2D eigenvalue weighted by Gasteiger charge is -2.32. The van der Waals surface area contributed by atoms with Crippen molar-refractivity contribution < 1.29 is 9.31 Å². The van der Waals surface area contributed by atoms with E-state index in [2.05, 4.69) is 46.4 Å². The molecule has 0 bridgehead atoms. The first-order valence-electron chi connectivity index (χ1n) is 6.56. The van der Waals surface area contributed by atoms with E-state index in [9.17, 15) is 0 Å². The van der Waals surface area contributed by atoms with Crippen LogP contribution in [0.25, 0.3) is 0 Å².